The number of rotatable bonds is 3. The lowest BCUT2D eigenvalue weighted by molar-refractivity contribution is -0.128. The van der Waals surface area contributed by atoms with Crippen molar-refractivity contribution in [3.05, 3.63) is 30.1 Å². The summed E-state index contributed by atoms with van der Waals surface area (Å²) >= 11 is 0. The number of carbonyl (C=O) groups is 1. The van der Waals surface area contributed by atoms with E-state index >= 15 is 0 Å². The number of benzene rings is 1. The third kappa shape index (κ3) is 2.16. The van der Waals surface area contributed by atoms with E-state index < -0.39 is 0 Å². The third-order valence-corrected chi connectivity index (χ3v) is 2.86. The molecule has 2 aromatic rings. The van der Waals surface area contributed by atoms with Crippen molar-refractivity contribution in [2.24, 2.45) is 0 Å². The predicted octanol–water partition coefficient (Wildman–Crippen LogP) is 1.69. The molecule has 1 aromatic carbocycles. The molecule has 0 aliphatic carbocycles. The van der Waals surface area contributed by atoms with Crippen molar-refractivity contribution in [2.75, 3.05) is 14.1 Å². The van der Waals surface area contributed by atoms with Gasteiger partial charge in [-0.05, 0) is 19.1 Å². The molecule has 90 valence electrons. The number of hydrogen-bond acceptors (Lipinski definition) is 2. The number of imidazole rings is 1. The maximum Gasteiger partial charge on any atom is 0.229 e. The van der Waals surface area contributed by atoms with Crippen molar-refractivity contribution in [3.63, 3.8) is 0 Å². The molecule has 0 spiro atoms. The van der Waals surface area contributed by atoms with Crippen LogP contribution in [0.4, 0.5) is 0 Å². The summed E-state index contributed by atoms with van der Waals surface area (Å²) < 4.78 is 2.09. The molecule has 0 N–H and O–H groups in total. The van der Waals surface area contributed by atoms with E-state index in [-0.39, 0.29) is 5.91 Å². The number of aryl methyl sites for hydroxylation is 1. The minimum absolute atomic E-state index is 0.0787. The number of nitrogens with zero attached hydrogens (tertiary/aromatic N) is 3. The summed E-state index contributed by atoms with van der Waals surface area (Å²) in [5.41, 5.74) is 2.05. The molecular formula is C13H17N3O. The molecule has 0 bridgehead atoms. The first kappa shape index (κ1) is 11.6. The van der Waals surface area contributed by atoms with Gasteiger partial charge < -0.3 is 9.47 Å². The fourth-order valence-corrected chi connectivity index (χ4v) is 1.91. The number of aromatic nitrogens is 2. The summed E-state index contributed by atoms with van der Waals surface area (Å²) in [6, 6.07) is 7.97. The van der Waals surface area contributed by atoms with Gasteiger partial charge in [-0.2, -0.15) is 0 Å². The van der Waals surface area contributed by atoms with Gasteiger partial charge in [-0.25, -0.2) is 4.98 Å². The second-order valence-electron chi connectivity index (χ2n) is 4.23. The first-order valence-electron chi connectivity index (χ1n) is 5.77. The number of para-hydroxylation sites is 2. The minimum Gasteiger partial charge on any atom is -0.348 e. The van der Waals surface area contributed by atoms with Gasteiger partial charge in [0.05, 0.1) is 17.5 Å². The van der Waals surface area contributed by atoms with Crippen LogP contribution < -0.4 is 0 Å². The van der Waals surface area contributed by atoms with Crippen LogP contribution in [0.1, 0.15) is 12.7 Å². The molecule has 17 heavy (non-hydrogen) atoms. The summed E-state index contributed by atoms with van der Waals surface area (Å²) in [5.74, 6) is 0.919. The molecule has 0 saturated heterocycles. The van der Waals surface area contributed by atoms with Crippen molar-refractivity contribution in [1.29, 1.82) is 0 Å². The van der Waals surface area contributed by atoms with Crippen molar-refractivity contribution in [3.8, 4) is 0 Å². The van der Waals surface area contributed by atoms with Gasteiger partial charge >= 0.3 is 0 Å². The fourth-order valence-electron chi connectivity index (χ4n) is 1.91. The molecule has 0 aliphatic heterocycles. The molecule has 0 saturated carbocycles. The van der Waals surface area contributed by atoms with E-state index in [0.29, 0.717) is 6.42 Å². The average molecular weight is 231 g/mol. The number of carbonyl (C=O) groups excluding carboxylic acids is 1. The molecule has 0 aliphatic rings. The fraction of sp³-hybridized carbons (Fsp3) is 0.385. The van der Waals surface area contributed by atoms with E-state index in [2.05, 4.69) is 16.5 Å². The third-order valence-electron chi connectivity index (χ3n) is 2.86. The van der Waals surface area contributed by atoms with Gasteiger partial charge in [-0.1, -0.05) is 12.1 Å². The lowest BCUT2D eigenvalue weighted by Gasteiger charge is -2.10. The SMILES string of the molecule is CCn1c(CC(=O)N(C)C)nc2ccccc21. The van der Waals surface area contributed by atoms with Crippen LogP contribution in [0.3, 0.4) is 0 Å². The van der Waals surface area contributed by atoms with Gasteiger partial charge in [0.1, 0.15) is 5.82 Å². The average Bonchev–Trinajstić information content (AvgIpc) is 2.65. The standard InChI is InChI=1S/C13H17N3O/c1-4-16-11-8-6-5-7-10(11)14-12(16)9-13(17)15(2)3/h5-8H,4,9H2,1-3H3. The minimum atomic E-state index is 0.0787. The lowest BCUT2D eigenvalue weighted by Crippen LogP contribution is -2.25. The summed E-state index contributed by atoms with van der Waals surface area (Å²) in [6.07, 6.45) is 0.357. The Labute approximate surface area is 101 Å². The van der Waals surface area contributed by atoms with Crippen LogP contribution in [0.2, 0.25) is 0 Å². The molecule has 0 unspecified atom stereocenters. The maximum absolute atomic E-state index is 11.7. The van der Waals surface area contributed by atoms with Crippen LogP contribution in [0, 0.1) is 0 Å². The Morgan fingerprint density at radius 3 is 2.71 bits per heavy atom. The highest BCUT2D eigenvalue weighted by Gasteiger charge is 2.13. The number of likely N-dealkylation sites (N-methyl/N-ethyl adjacent to an activating group) is 1. The highest BCUT2D eigenvalue weighted by Crippen LogP contribution is 2.16. The quantitative estimate of drug-likeness (QED) is 0.806. The van der Waals surface area contributed by atoms with Gasteiger partial charge in [-0.3, -0.25) is 4.79 Å². The molecule has 0 atom stereocenters. The van der Waals surface area contributed by atoms with Crippen LogP contribution in [-0.4, -0.2) is 34.5 Å². The maximum atomic E-state index is 11.7. The number of hydrogen-bond donors (Lipinski definition) is 0. The highest BCUT2D eigenvalue weighted by atomic mass is 16.2. The summed E-state index contributed by atoms with van der Waals surface area (Å²) in [4.78, 5) is 17.8. The van der Waals surface area contributed by atoms with E-state index in [9.17, 15) is 4.79 Å². The Kier molecular flexibility index (Phi) is 3.13. The van der Waals surface area contributed by atoms with Gasteiger partial charge in [0.25, 0.3) is 0 Å². The molecule has 4 heteroatoms. The Balaban J connectivity index is 2.43. The van der Waals surface area contributed by atoms with Gasteiger partial charge in [0, 0.05) is 20.6 Å². The molecule has 0 fully saturated rings. The van der Waals surface area contributed by atoms with E-state index in [1.807, 2.05) is 24.3 Å². The number of amides is 1. The van der Waals surface area contributed by atoms with Crippen LogP contribution >= 0.6 is 0 Å². The van der Waals surface area contributed by atoms with Crippen LogP contribution in [0.25, 0.3) is 11.0 Å². The zero-order valence-corrected chi connectivity index (χ0v) is 10.5. The zero-order valence-electron chi connectivity index (χ0n) is 10.5. The lowest BCUT2D eigenvalue weighted by atomic mass is 10.3. The molecule has 1 heterocycles. The Hall–Kier alpha value is -1.84. The van der Waals surface area contributed by atoms with Crippen molar-refractivity contribution in [1.82, 2.24) is 14.5 Å². The van der Waals surface area contributed by atoms with Crippen LogP contribution in [-0.2, 0) is 17.8 Å². The van der Waals surface area contributed by atoms with E-state index in [1.54, 1.807) is 19.0 Å². The monoisotopic (exact) mass is 231 g/mol. The predicted molar refractivity (Wildman–Crippen MR) is 67.8 cm³/mol. The molecule has 4 nitrogen and oxygen atoms in total. The Morgan fingerprint density at radius 1 is 1.35 bits per heavy atom. The summed E-state index contributed by atoms with van der Waals surface area (Å²) in [5, 5.41) is 0. The van der Waals surface area contributed by atoms with Gasteiger partial charge in [0.2, 0.25) is 5.91 Å². The first-order chi connectivity index (χ1) is 8.13. The number of fused-ring (bicyclic) bond motifs is 1. The second kappa shape index (κ2) is 4.57. The first-order valence-corrected chi connectivity index (χ1v) is 5.77. The zero-order chi connectivity index (χ0) is 12.4. The largest absolute Gasteiger partial charge is 0.348 e. The van der Waals surface area contributed by atoms with Gasteiger partial charge in [0.15, 0.2) is 0 Å². The Bertz CT molecular complexity index is 543. The van der Waals surface area contributed by atoms with E-state index in [0.717, 1.165) is 23.4 Å². The van der Waals surface area contributed by atoms with E-state index in [1.165, 1.54) is 0 Å². The summed E-state index contributed by atoms with van der Waals surface area (Å²) in [6.45, 7) is 2.90. The molecular weight excluding hydrogens is 214 g/mol. The second-order valence-corrected chi connectivity index (χ2v) is 4.23. The molecule has 1 amide bonds. The molecule has 1 aromatic heterocycles. The van der Waals surface area contributed by atoms with Crippen LogP contribution in [0.15, 0.2) is 24.3 Å². The van der Waals surface area contributed by atoms with Crippen molar-refractivity contribution >= 4 is 16.9 Å². The smallest absolute Gasteiger partial charge is 0.229 e. The topological polar surface area (TPSA) is 38.1 Å². The van der Waals surface area contributed by atoms with Crippen molar-refractivity contribution in [2.45, 2.75) is 19.9 Å². The summed E-state index contributed by atoms with van der Waals surface area (Å²) in [7, 11) is 3.53. The highest BCUT2D eigenvalue weighted by molar-refractivity contribution is 5.80. The molecule has 0 radical (unpaired) electrons. The molecule has 2 rings (SSSR count). The van der Waals surface area contributed by atoms with Gasteiger partial charge in [-0.15, -0.1) is 0 Å². The normalized spacial score (nSPS) is 10.8. The van der Waals surface area contributed by atoms with Crippen LogP contribution in [0.5, 0.6) is 0 Å². The Morgan fingerprint density at radius 2 is 2.06 bits per heavy atom. The van der Waals surface area contributed by atoms with Crippen molar-refractivity contribution < 1.29 is 4.79 Å². The van der Waals surface area contributed by atoms with E-state index in [4.69, 9.17) is 0 Å².